The monoisotopic (exact) mass is 242 g/mol. The summed E-state index contributed by atoms with van der Waals surface area (Å²) in [5, 5.41) is 6.34. The predicted molar refractivity (Wildman–Crippen MR) is 68.9 cm³/mol. The SMILES string of the molecule is CCC1CCCC1NCCC(=O)NCCOC. The standard InChI is InChI=1S/C13H26N2O2/c1-3-11-5-4-6-12(11)14-8-7-13(16)15-9-10-17-2/h11-12,14H,3-10H2,1-2H3,(H,15,16). The average Bonchev–Trinajstić information content (AvgIpc) is 2.77. The van der Waals surface area contributed by atoms with E-state index in [0.717, 1.165) is 12.5 Å². The van der Waals surface area contributed by atoms with E-state index in [-0.39, 0.29) is 5.91 Å². The molecule has 1 saturated carbocycles. The van der Waals surface area contributed by atoms with Gasteiger partial charge in [0.2, 0.25) is 5.91 Å². The average molecular weight is 242 g/mol. The van der Waals surface area contributed by atoms with E-state index in [1.54, 1.807) is 7.11 Å². The maximum atomic E-state index is 11.4. The minimum Gasteiger partial charge on any atom is -0.383 e. The van der Waals surface area contributed by atoms with Crippen LogP contribution < -0.4 is 10.6 Å². The van der Waals surface area contributed by atoms with Crippen LogP contribution in [0.1, 0.15) is 39.0 Å². The number of hydrogen-bond donors (Lipinski definition) is 2. The summed E-state index contributed by atoms with van der Waals surface area (Å²) in [6, 6.07) is 0.631. The van der Waals surface area contributed by atoms with Crippen molar-refractivity contribution in [2.24, 2.45) is 5.92 Å². The Bertz CT molecular complexity index is 221. The van der Waals surface area contributed by atoms with Crippen molar-refractivity contribution in [1.29, 1.82) is 0 Å². The lowest BCUT2D eigenvalue weighted by Crippen LogP contribution is -2.36. The molecule has 2 N–H and O–H groups in total. The third-order valence-electron chi connectivity index (χ3n) is 3.57. The zero-order chi connectivity index (χ0) is 12.5. The first-order valence-corrected chi connectivity index (χ1v) is 6.77. The molecule has 0 aromatic heterocycles. The molecular weight excluding hydrogens is 216 g/mol. The Morgan fingerprint density at radius 3 is 2.88 bits per heavy atom. The topological polar surface area (TPSA) is 50.4 Å². The van der Waals surface area contributed by atoms with Gasteiger partial charge >= 0.3 is 0 Å². The van der Waals surface area contributed by atoms with E-state index in [2.05, 4.69) is 17.6 Å². The highest BCUT2D eigenvalue weighted by Crippen LogP contribution is 2.27. The quantitative estimate of drug-likeness (QED) is 0.631. The fourth-order valence-corrected chi connectivity index (χ4v) is 2.55. The second-order valence-electron chi connectivity index (χ2n) is 4.75. The predicted octanol–water partition coefficient (Wildman–Crippen LogP) is 1.31. The van der Waals surface area contributed by atoms with Crippen LogP contribution in [-0.2, 0) is 9.53 Å². The van der Waals surface area contributed by atoms with Crippen molar-refractivity contribution in [3.05, 3.63) is 0 Å². The van der Waals surface area contributed by atoms with Gasteiger partial charge in [0.15, 0.2) is 0 Å². The van der Waals surface area contributed by atoms with Crippen molar-refractivity contribution < 1.29 is 9.53 Å². The van der Waals surface area contributed by atoms with Crippen LogP contribution in [-0.4, -0.2) is 38.8 Å². The van der Waals surface area contributed by atoms with Crippen molar-refractivity contribution in [2.75, 3.05) is 26.8 Å². The molecule has 0 bridgehead atoms. The molecule has 0 aromatic rings. The molecule has 4 heteroatoms. The largest absolute Gasteiger partial charge is 0.383 e. The summed E-state index contributed by atoms with van der Waals surface area (Å²) < 4.78 is 4.88. The van der Waals surface area contributed by atoms with Gasteiger partial charge in [-0.1, -0.05) is 19.8 Å². The van der Waals surface area contributed by atoms with E-state index in [0.29, 0.717) is 25.6 Å². The normalized spacial score (nSPS) is 23.9. The van der Waals surface area contributed by atoms with Crippen molar-refractivity contribution in [2.45, 2.75) is 45.1 Å². The number of amides is 1. The smallest absolute Gasteiger partial charge is 0.221 e. The Kier molecular flexibility index (Phi) is 7.21. The summed E-state index contributed by atoms with van der Waals surface area (Å²) in [5.41, 5.74) is 0. The summed E-state index contributed by atoms with van der Waals surface area (Å²) in [6.45, 7) is 4.23. The van der Waals surface area contributed by atoms with Gasteiger partial charge in [-0.05, 0) is 18.8 Å². The Morgan fingerprint density at radius 2 is 2.18 bits per heavy atom. The highest BCUT2D eigenvalue weighted by molar-refractivity contribution is 5.76. The molecule has 4 nitrogen and oxygen atoms in total. The first-order valence-electron chi connectivity index (χ1n) is 6.77. The zero-order valence-corrected chi connectivity index (χ0v) is 11.1. The van der Waals surface area contributed by atoms with Crippen LogP contribution >= 0.6 is 0 Å². The third kappa shape index (κ3) is 5.50. The first-order chi connectivity index (χ1) is 8.27. The summed E-state index contributed by atoms with van der Waals surface area (Å²) in [7, 11) is 1.64. The lowest BCUT2D eigenvalue weighted by molar-refractivity contribution is -0.121. The number of rotatable bonds is 8. The zero-order valence-electron chi connectivity index (χ0n) is 11.1. The second kappa shape index (κ2) is 8.48. The second-order valence-corrected chi connectivity index (χ2v) is 4.75. The van der Waals surface area contributed by atoms with Crippen LogP contribution in [0, 0.1) is 5.92 Å². The molecule has 2 atom stereocenters. The van der Waals surface area contributed by atoms with Gasteiger partial charge in [-0.15, -0.1) is 0 Å². The van der Waals surface area contributed by atoms with Gasteiger partial charge in [0.25, 0.3) is 0 Å². The molecule has 0 aromatic carbocycles. The molecule has 17 heavy (non-hydrogen) atoms. The van der Waals surface area contributed by atoms with E-state index in [1.165, 1.54) is 25.7 Å². The van der Waals surface area contributed by atoms with Crippen LogP contribution in [0.15, 0.2) is 0 Å². The molecule has 1 rings (SSSR count). The molecular formula is C13H26N2O2. The number of methoxy groups -OCH3 is 1. The summed E-state index contributed by atoms with van der Waals surface area (Å²) in [6.07, 6.45) is 5.75. The number of carbonyl (C=O) groups is 1. The molecule has 0 aliphatic heterocycles. The van der Waals surface area contributed by atoms with Gasteiger partial charge in [0.1, 0.15) is 0 Å². The minimum absolute atomic E-state index is 0.112. The summed E-state index contributed by atoms with van der Waals surface area (Å²) in [4.78, 5) is 11.4. The minimum atomic E-state index is 0.112. The van der Waals surface area contributed by atoms with Crippen LogP contribution in [0.5, 0.6) is 0 Å². The molecule has 1 fully saturated rings. The van der Waals surface area contributed by atoms with Gasteiger partial charge in [-0.3, -0.25) is 4.79 Å². The fourth-order valence-electron chi connectivity index (χ4n) is 2.55. The van der Waals surface area contributed by atoms with Crippen LogP contribution in [0.2, 0.25) is 0 Å². The van der Waals surface area contributed by atoms with E-state index in [4.69, 9.17) is 4.74 Å². The van der Waals surface area contributed by atoms with Gasteiger partial charge in [0.05, 0.1) is 6.61 Å². The first kappa shape index (κ1) is 14.5. The van der Waals surface area contributed by atoms with Crippen molar-refractivity contribution in [1.82, 2.24) is 10.6 Å². The Morgan fingerprint density at radius 1 is 1.35 bits per heavy atom. The molecule has 0 saturated heterocycles. The highest BCUT2D eigenvalue weighted by Gasteiger charge is 2.24. The maximum Gasteiger partial charge on any atom is 0.221 e. The summed E-state index contributed by atoms with van der Waals surface area (Å²) >= 11 is 0. The number of nitrogens with one attached hydrogen (secondary N) is 2. The third-order valence-corrected chi connectivity index (χ3v) is 3.57. The highest BCUT2D eigenvalue weighted by atomic mass is 16.5. The van der Waals surface area contributed by atoms with Crippen molar-refractivity contribution >= 4 is 5.91 Å². The van der Waals surface area contributed by atoms with Gasteiger partial charge in [-0.2, -0.15) is 0 Å². The van der Waals surface area contributed by atoms with E-state index in [9.17, 15) is 4.79 Å². The molecule has 0 heterocycles. The van der Waals surface area contributed by atoms with Crippen LogP contribution in [0.25, 0.3) is 0 Å². The van der Waals surface area contributed by atoms with E-state index in [1.807, 2.05) is 0 Å². The number of hydrogen-bond acceptors (Lipinski definition) is 3. The van der Waals surface area contributed by atoms with E-state index >= 15 is 0 Å². The van der Waals surface area contributed by atoms with E-state index < -0.39 is 0 Å². The lowest BCUT2D eigenvalue weighted by atomic mass is 10.0. The number of carbonyl (C=O) groups excluding carboxylic acids is 1. The molecule has 0 radical (unpaired) electrons. The van der Waals surface area contributed by atoms with Crippen LogP contribution in [0.4, 0.5) is 0 Å². The van der Waals surface area contributed by atoms with Crippen molar-refractivity contribution in [3.8, 4) is 0 Å². The molecule has 1 aliphatic carbocycles. The Hall–Kier alpha value is -0.610. The molecule has 2 unspecified atom stereocenters. The van der Waals surface area contributed by atoms with Crippen molar-refractivity contribution in [3.63, 3.8) is 0 Å². The molecule has 0 spiro atoms. The molecule has 1 aliphatic rings. The van der Waals surface area contributed by atoms with Gasteiger partial charge < -0.3 is 15.4 Å². The van der Waals surface area contributed by atoms with Crippen LogP contribution in [0.3, 0.4) is 0 Å². The van der Waals surface area contributed by atoms with Gasteiger partial charge in [-0.25, -0.2) is 0 Å². The maximum absolute atomic E-state index is 11.4. The lowest BCUT2D eigenvalue weighted by Gasteiger charge is -2.19. The molecule has 1 amide bonds. The molecule has 100 valence electrons. The fraction of sp³-hybridized carbons (Fsp3) is 0.923. The number of ether oxygens (including phenoxy) is 1. The Labute approximate surface area is 104 Å². The Balaban J connectivity index is 2.04. The summed E-state index contributed by atoms with van der Waals surface area (Å²) in [5.74, 6) is 0.923. The van der Waals surface area contributed by atoms with Gasteiger partial charge in [0, 0.05) is 32.7 Å².